The standard InChI is InChI=1S/C36H52AsO/c1-22(2)28-16-13-17-29(23(3)4)34(28)37(38,35-30(24(5)6)18-14-19-31(35)25(7)8)36-32(26(9)10)20-15-21-33(36)27(11)12/h13-27,38H,1-12H3/q+1. The van der Waals surface area contributed by atoms with Crippen molar-refractivity contribution in [2.24, 2.45) is 0 Å². The van der Waals surface area contributed by atoms with Gasteiger partial charge in [0.15, 0.2) is 0 Å². The van der Waals surface area contributed by atoms with Crippen molar-refractivity contribution in [3.63, 3.8) is 0 Å². The molecular formula is C36H52AsO+. The Hall–Kier alpha value is -1.82. The van der Waals surface area contributed by atoms with Gasteiger partial charge in [-0.25, -0.2) is 0 Å². The minimum atomic E-state index is -4.05. The second-order valence-corrected chi connectivity index (χ2v) is 18.4. The molecule has 38 heavy (non-hydrogen) atoms. The first-order chi connectivity index (χ1) is 17.7. The van der Waals surface area contributed by atoms with Crippen molar-refractivity contribution >= 4 is 26.9 Å². The third-order valence-electron chi connectivity index (χ3n) is 8.00. The predicted octanol–water partition coefficient (Wildman–Crippen LogP) is 8.39. The summed E-state index contributed by atoms with van der Waals surface area (Å²) in [5.41, 5.74) is 7.88. The molecule has 206 valence electrons. The summed E-state index contributed by atoms with van der Waals surface area (Å²) >= 11 is -4.05. The Morgan fingerprint density at radius 2 is 0.526 bits per heavy atom. The van der Waals surface area contributed by atoms with Crippen LogP contribution in [0.3, 0.4) is 0 Å². The second-order valence-electron chi connectivity index (χ2n) is 12.9. The van der Waals surface area contributed by atoms with E-state index in [1.54, 1.807) is 0 Å². The van der Waals surface area contributed by atoms with Crippen LogP contribution in [-0.2, 0) is 0 Å². The quantitative estimate of drug-likeness (QED) is 0.254. The fourth-order valence-electron chi connectivity index (χ4n) is 5.99. The molecule has 0 unspecified atom stereocenters. The van der Waals surface area contributed by atoms with Gasteiger partial charge >= 0.3 is 238 Å². The average Bonchev–Trinajstić information content (AvgIpc) is 2.86. The first-order valence-electron chi connectivity index (χ1n) is 14.8. The Labute approximate surface area is 236 Å². The van der Waals surface area contributed by atoms with E-state index in [2.05, 4.69) is 138 Å². The summed E-state index contributed by atoms with van der Waals surface area (Å²) in [6, 6.07) is 20.4. The van der Waals surface area contributed by atoms with Crippen LogP contribution in [0.4, 0.5) is 0 Å². The van der Waals surface area contributed by atoms with E-state index < -0.39 is 13.9 Å². The summed E-state index contributed by atoms with van der Waals surface area (Å²) in [5.74, 6) is 1.91. The first-order valence-corrected chi connectivity index (χ1v) is 18.4. The topological polar surface area (TPSA) is 20.2 Å². The van der Waals surface area contributed by atoms with Crippen molar-refractivity contribution in [3.05, 3.63) is 88.0 Å². The molecule has 0 saturated heterocycles. The van der Waals surface area contributed by atoms with Crippen LogP contribution in [0.1, 0.15) is 152 Å². The second kappa shape index (κ2) is 12.1. The van der Waals surface area contributed by atoms with E-state index in [1.807, 2.05) is 0 Å². The minimum absolute atomic E-state index is 0.319. The molecule has 2 heteroatoms. The van der Waals surface area contributed by atoms with Crippen LogP contribution in [-0.4, -0.2) is 18.0 Å². The van der Waals surface area contributed by atoms with E-state index in [-0.39, 0.29) is 0 Å². The summed E-state index contributed by atoms with van der Waals surface area (Å²) in [7, 11) is 0. The van der Waals surface area contributed by atoms with Gasteiger partial charge in [0, 0.05) is 0 Å². The van der Waals surface area contributed by atoms with Crippen LogP contribution >= 0.6 is 0 Å². The maximum absolute atomic E-state index is 14.2. The molecule has 0 atom stereocenters. The molecule has 0 heterocycles. The molecule has 3 rings (SSSR count). The summed E-state index contributed by atoms with van der Waals surface area (Å²) in [6.45, 7) is 27.5. The number of hydrogen-bond donors (Lipinski definition) is 1. The summed E-state index contributed by atoms with van der Waals surface area (Å²) < 4.78 is 18.0. The monoisotopic (exact) mass is 575 g/mol. The van der Waals surface area contributed by atoms with E-state index in [4.69, 9.17) is 0 Å². The Bertz CT molecular complexity index is 1010. The van der Waals surface area contributed by atoms with Gasteiger partial charge in [-0.1, -0.05) is 0 Å². The normalized spacial score (nSPS) is 12.7. The number of benzene rings is 3. The van der Waals surface area contributed by atoms with Crippen LogP contribution < -0.4 is 13.1 Å². The maximum atomic E-state index is 14.2. The molecule has 0 spiro atoms. The molecule has 0 amide bonds. The van der Waals surface area contributed by atoms with Gasteiger partial charge in [0.1, 0.15) is 0 Å². The molecule has 0 bridgehead atoms. The summed E-state index contributed by atoms with van der Waals surface area (Å²) in [5, 5.41) is 0. The van der Waals surface area contributed by atoms with Crippen molar-refractivity contribution < 1.29 is 4.10 Å². The Kier molecular flexibility index (Phi) is 9.81. The van der Waals surface area contributed by atoms with Crippen LogP contribution in [0.15, 0.2) is 54.6 Å². The van der Waals surface area contributed by atoms with Gasteiger partial charge in [-0.15, -0.1) is 0 Å². The molecule has 0 aromatic heterocycles. The van der Waals surface area contributed by atoms with Crippen LogP contribution in [0, 0.1) is 0 Å². The molecule has 3 aromatic carbocycles. The van der Waals surface area contributed by atoms with Gasteiger partial charge in [-0.2, -0.15) is 0 Å². The molecule has 0 saturated carbocycles. The van der Waals surface area contributed by atoms with Crippen molar-refractivity contribution in [2.45, 2.75) is 119 Å². The number of hydrogen-bond acceptors (Lipinski definition) is 1. The van der Waals surface area contributed by atoms with Crippen LogP contribution in [0.2, 0.25) is 0 Å². The fraction of sp³-hybridized carbons (Fsp3) is 0.500. The van der Waals surface area contributed by atoms with Gasteiger partial charge in [0.25, 0.3) is 0 Å². The molecule has 0 aliphatic carbocycles. The van der Waals surface area contributed by atoms with Crippen molar-refractivity contribution in [2.75, 3.05) is 0 Å². The van der Waals surface area contributed by atoms with Gasteiger partial charge in [0.2, 0.25) is 0 Å². The first kappa shape index (κ1) is 30.7. The average molecular weight is 576 g/mol. The zero-order chi connectivity index (χ0) is 28.5. The van der Waals surface area contributed by atoms with Gasteiger partial charge in [0.05, 0.1) is 0 Å². The van der Waals surface area contributed by atoms with E-state index in [0.717, 1.165) is 0 Å². The molecule has 0 radical (unpaired) electrons. The Balaban J connectivity index is 2.79. The zero-order valence-electron chi connectivity index (χ0n) is 26.1. The Morgan fingerprint density at radius 3 is 0.658 bits per heavy atom. The predicted molar refractivity (Wildman–Crippen MR) is 171 cm³/mol. The molecule has 1 N–H and O–H groups in total. The van der Waals surface area contributed by atoms with Gasteiger partial charge in [-0.05, 0) is 0 Å². The number of rotatable bonds is 9. The van der Waals surface area contributed by atoms with E-state index >= 15 is 0 Å². The molecule has 0 fully saturated rings. The van der Waals surface area contributed by atoms with E-state index in [1.165, 1.54) is 46.4 Å². The van der Waals surface area contributed by atoms with Crippen LogP contribution in [0.25, 0.3) is 0 Å². The molecule has 1 nitrogen and oxygen atoms in total. The van der Waals surface area contributed by atoms with Gasteiger partial charge < -0.3 is 0 Å². The third-order valence-corrected chi connectivity index (χ3v) is 15.3. The van der Waals surface area contributed by atoms with Gasteiger partial charge in [-0.3, -0.25) is 0 Å². The Morgan fingerprint density at radius 1 is 0.368 bits per heavy atom. The van der Waals surface area contributed by atoms with E-state index in [0.29, 0.717) is 35.5 Å². The summed E-state index contributed by atoms with van der Waals surface area (Å²) in [6.07, 6.45) is 0. The third kappa shape index (κ3) is 5.57. The molecule has 3 aromatic rings. The van der Waals surface area contributed by atoms with Crippen molar-refractivity contribution in [3.8, 4) is 0 Å². The molecule has 0 aliphatic rings. The van der Waals surface area contributed by atoms with Crippen molar-refractivity contribution in [1.29, 1.82) is 0 Å². The van der Waals surface area contributed by atoms with Crippen molar-refractivity contribution in [1.82, 2.24) is 0 Å². The van der Waals surface area contributed by atoms with Crippen LogP contribution in [0.5, 0.6) is 0 Å². The van der Waals surface area contributed by atoms with E-state index in [9.17, 15) is 4.10 Å². The fourth-order valence-corrected chi connectivity index (χ4v) is 16.3. The zero-order valence-corrected chi connectivity index (χ0v) is 27.9. The molecular weight excluding hydrogens is 523 g/mol. The SMILES string of the molecule is CC(C)c1cccc(C(C)C)c1[As+](O)(c1c(C(C)C)cccc1C(C)C)c1c(C(C)C)cccc1C(C)C. The summed E-state index contributed by atoms with van der Waals surface area (Å²) in [4.78, 5) is 0. The molecule has 0 aliphatic heterocycles.